The summed E-state index contributed by atoms with van der Waals surface area (Å²) in [5, 5.41) is 7.46. The minimum Gasteiger partial charge on any atom is -0.339 e. The number of aromatic nitrogens is 1. The molecule has 0 saturated heterocycles. The summed E-state index contributed by atoms with van der Waals surface area (Å²) >= 11 is 1.34. The SMILES string of the molecule is O=C(N[C@H](Cc1ccccc1)C(=O)Nc1cccnc1)c1cccs1. The molecule has 0 fully saturated rings. The maximum atomic E-state index is 12.7. The van der Waals surface area contributed by atoms with E-state index in [0.717, 1.165) is 5.56 Å². The van der Waals surface area contributed by atoms with Crippen molar-refractivity contribution in [1.82, 2.24) is 10.3 Å². The predicted molar refractivity (Wildman–Crippen MR) is 98.6 cm³/mol. The van der Waals surface area contributed by atoms with Crippen LogP contribution in [0.25, 0.3) is 0 Å². The van der Waals surface area contributed by atoms with E-state index in [4.69, 9.17) is 0 Å². The van der Waals surface area contributed by atoms with Crippen molar-refractivity contribution >= 4 is 28.8 Å². The van der Waals surface area contributed by atoms with E-state index in [9.17, 15) is 9.59 Å². The summed E-state index contributed by atoms with van der Waals surface area (Å²) in [6.07, 6.45) is 3.61. The highest BCUT2D eigenvalue weighted by molar-refractivity contribution is 7.12. The van der Waals surface area contributed by atoms with E-state index in [-0.39, 0.29) is 11.8 Å². The molecule has 0 aliphatic heterocycles. The van der Waals surface area contributed by atoms with Crippen LogP contribution in [0, 0.1) is 0 Å². The van der Waals surface area contributed by atoms with Gasteiger partial charge < -0.3 is 10.6 Å². The molecule has 1 aromatic carbocycles. The van der Waals surface area contributed by atoms with Crippen molar-refractivity contribution in [3.63, 3.8) is 0 Å². The third-order valence-corrected chi connectivity index (χ3v) is 4.45. The van der Waals surface area contributed by atoms with Gasteiger partial charge in [-0.1, -0.05) is 36.4 Å². The molecule has 2 heterocycles. The third-order valence-electron chi connectivity index (χ3n) is 3.58. The van der Waals surface area contributed by atoms with Crippen molar-refractivity contribution in [2.75, 3.05) is 5.32 Å². The van der Waals surface area contributed by atoms with Crippen LogP contribution in [0.1, 0.15) is 15.2 Å². The van der Waals surface area contributed by atoms with Crippen molar-refractivity contribution in [2.45, 2.75) is 12.5 Å². The van der Waals surface area contributed by atoms with Gasteiger partial charge in [-0.25, -0.2) is 0 Å². The normalized spacial score (nSPS) is 11.5. The minimum atomic E-state index is -0.683. The quantitative estimate of drug-likeness (QED) is 0.717. The number of amides is 2. The fourth-order valence-corrected chi connectivity index (χ4v) is 2.99. The molecule has 25 heavy (non-hydrogen) atoms. The Hall–Kier alpha value is -2.99. The number of nitrogens with one attached hydrogen (secondary N) is 2. The summed E-state index contributed by atoms with van der Waals surface area (Å²) in [4.78, 5) is 29.6. The molecule has 2 aromatic heterocycles. The van der Waals surface area contributed by atoms with Crippen LogP contribution in [0.2, 0.25) is 0 Å². The highest BCUT2D eigenvalue weighted by Gasteiger charge is 2.22. The van der Waals surface area contributed by atoms with Crippen LogP contribution in [-0.4, -0.2) is 22.8 Å². The molecule has 6 heteroatoms. The number of rotatable bonds is 6. The first-order valence-corrected chi connectivity index (χ1v) is 8.69. The first-order chi connectivity index (χ1) is 12.2. The standard InChI is InChI=1S/C19H17N3O2S/c23-18(21-15-8-4-10-20-13-15)16(12-14-6-2-1-3-7-14)22-19(24)17-9-5-11-25-17/h1-11,13,16H,12H2,(H,21,23)(H,22,24)/t16-/m1/s1. The molecule has 0 aliphatic rings. The van der Waals surface area contributed by atoms with Crippen molar-refractivity contribution < 1.29 is 9.59 Å². The van der Waals surface area contributed by atoms with Crippen LogP contribution < -0.4 is 10.6 Å². The average Bonchev–Trinajstić information content (AvgIpc) is 3.18. The molecule has 126 valence electrons. The minimum absolute atomic E-state index is 0.253. The molecule has 2 N–H and O–H groups in total. The van der Waals surface area contributed by atoms with Gasteiger partial charge >= 0.3 is 0 Å². The lowest BCUT2D eigenvalue weighted by Gasteiger charge is -2.18. The first-order valence-electron chi connectivity index (χ1n) is 7.81. The molecular weight excluding hydrogens is 334 g/mol. The second-order valence-electron chi connectivity index (χ2n) is 5.42. The summed E-state index contributed by atoms with van der Waals surface area (Å²) in [5.41, 5.74) is 1.57. The Morgan fingerprint density at radius 3 is 2.56 bits per heavy atom. The summed E-state index contributed by atoms with van der Waals surface area (Å²) < 4.78 is 0. The Morgan fingerprint density at radius 1 is 1.04 bits per heavy atom. The zero-order chi connectivity index (χ0) is 17.5. The topological polar surface area (TPSA) is 71.1 Å². The van der Waals surface area contributed by atoms with Crippen molar-refractivity contribution in [3.8, 4) is 0 Å². The van der Waals surface area contributed by atoms with Gasteiger partial charge in [0.2, 0.25) is 5.91 Å². The second kappa shape index (κ2) is 8.21. The molecule has 0 spiro atoms. The Balaban J connectivity index is 1.75. The van der Waals surface area contributed by atoms with Crippen LogP contribution >= 0.6 is 11.3 Å². The van der Waals surface area contributed by atoms with Gasteiger partial charge in [-0.2, -0.15) is 0 Å². The van der Waals surface area contributed by atoms with Crippen molar-refractivity contribution in [1.29, 1.82) is 0 Å². The molecule has 0 aliphatic carbocycles. The molecule has 1 atom stereocenters. The number of hydrogen-bond acceptors (Lipinski definition) is 4. The number of benzene rings is 1. The van der Waals surface area contributed by atoms with Gasteiger partial charge in [0.05, 0.1) is 16.8 Å². The van der Waals surface area contributed by atoms with Gasteiger partial charge in [0.25, 0.3) is 5.91 Å². The number of carbonyl (C=O) groups excluding carboxylic acids is 2. The molecule has 0 bridgehead atoms. The van der Waals surface area contributed by atoms with Crippen molar-refractivity contribution in [3.05, 3.63) is 82.8 Å². The number of thiophene rings is 1. The lowest BCUT2D eigenvalue weighted by molar-refractivity contribution is -0.118. The van der Waals surface area contributed by atoms with Crippen LogP contribution in [0.3, 0.4) is 0 Å². The van der Waals surface area contributed by atoms with E-state index < -0.39 is 6.04 Å². The first kappa shape index (κ1) is 16.9. The maximum Gasteiger partial charge on any atom is 0.262 e. The van der Waals surface area contributed by atoms with Crippen LogP contribution in [0.5, 0.6) is 0 Å². The number of hydrogen-bond donors (Lipinski definition) is 2. The van der Waals surface area contributed by atoms with Gasteiger partial charge in [-0.15, -0.1) is 11.3 Å². The van der Waals surface area contributed by atoms with Gasteiger partial charge in [0.1, 0.15) is 6.04 Å². The molecule has 0 saturated carbocycles. The van der Waals surface area contributed by atoms with Crippen LogP contribution in [0.4, 0.5) is 5.69 Å². The monoisotopic (exact) mass is 351 g/mol. The van der Waals surface area contributed by atoms with Crippen LogP contribution in [-0.2, 0) is 11.2 Å². The Bertz CT molecular complexity index is 820. The smallest absolute Gasteiger partial charge is 0.262 e. The van der Waals surface area contributed by atoms with Crippen LogP contribution in [0.15, 0.2) is 72.4 Å². The molecule has 3 rings (SSSR count). The summed E-state index contributed by atoms with van der Waals surface area (Å²) in [6, 6.07) is 16.0. The number of pyridine rings is 1. The Labute approximate surface area is 149 Å². The molecule has 2 amide bonds. The fraction of sp³-hybridized carbons (Fsp3) is 0.105. The van der Waals surface area contributed by atoms with E-state index in [2.05, 4.69) is 15.6 Å². The van der Waals surface area contributed by atoms with E-state index in [1.54, 1.807) is 30.6 Å². The Kier molecular flexibility index (Phi) is 5.53. The van der Waals surface area contributed by atoms with Gasteiger partial charge in [0.15, 0.2) is 0 Å². The highest BCUT2D eigenvalue weighted by atomic mass is 32.1. The molecule has 0 radical (unpaired) electrons. The van der Waals surface area contributed by atoms with Gasteiger partial charge in [-0.05, 0) is 29.1 Å². The largest absolute Gasteiger partial charge is 0.339 e. The zero-order valence-corrected chi connectivity index (χ0v) is 14.2. The lowest BCUT2D eigenvalue weighted by Crippen LogP contribution is -2.45. The molecule has 0 unspecified atom stereocenters. The molecule has 5 nitrogen and oxygen atoms in total. The maximum absolute atomic E-state index is 12.7. The van der Waals surface area contributed by atoms with E-state index >= 15 is 0 Å². The average molecular weight is 351 g/mol. The van der Waals surface area contributed by atoms with E-state index in [0.29, 0.717) is 17.0 Å². The third kappa shape index (κ3) is 4.74. The summed E-state index contributed by atoms with van der Waals surface area (Å²) in [6.45, 7) is 0. The second-order valence-corrected chi connectivity index (χ2v) is 6.37. The zero-order valence-electron chi connectivity index (χ0n) is 13.4. The van der Waals surface area contributed by atoms with Crippen molar-refractivity contribution in [2.24, 2.45) is 0 Å². The number of nitrogens with zero attached hydrogens (tertiary/aromatic N) is 1. The van der Waals surface area contributed by atoms with Gasteiger partial charge in [-0.3, -0.25) is 14.6 Å². The molecular formula is C19H17N3O2S. The van der Waals surface area contributed by atoms with E-state index in [1.165, 1.54) is 11.3 Å². The highest BCUT2D eigenvalue weighted by Crippen LogP contribution is 2.11. The molecule has 3 aromatic rings. The van der Waals surface area contributed by atoms with Gasteiger partial charge in [0, 0.05) is 12.6 Å². The fourth-order valence-electron chi connectivity index (χ4n) is 2.36. The number of carbonyl (C=O) groups is 2. The summed E-state index contributed by atoms with van der Waals surface area (Å²) in [5.74, 6) is -0.529. The predicted octanol–water partition coefficient (Wildman–Crippen LogP) is 3.12. The number of anilines is 1. The lowest BCUT2D eigenvalue weighted by atomic mass is 10.0. The summed E-state index contributed by atoms with van der Waals surface area (Å²) in [7, 11) is 0. The van der Waals surface area contributed by atoms with E-state index in [1.807, 2.05) is 41.8 Å². The Morgan fingerprint density at radius 2 is 1.88 bits per heavy atom.